The van der Waals surface area contributed by atoms with Crippen LogP contribution in [-0.2, 0) is 20.8 Å². The summed E-state index contributed by atoms with van der Waals surface area (Å²) in [4.78, 5) is 25.4. The van der Waals surface area contributed by atoms with Crippen molar-refractivity contribution in [3.8, 4) is 5.75 Å². The molecule has 0 bridgehead atoms. The number of carbonyl (C=O) groups is 2. The second kappa shape index (κ2) is 8.89. The van der Waals surface area contributed by atoms with Crippen LogP contribution in [0.3, 0.4) is 0 Å². The summed E-state index contributed by atoms with van der Waals surface area (Å²) >= 11 is 0. The van der Waals surface area contributed by atoms with Crippen molar-refractivity contribution >= 4 is 17.6 Å². The number of methoxy groups -OCH3 is 3. The Labute approximate surface area is 151 Å². The Hall–Kier alpha value is -3.03. The first-order chi connectivity index (χ1) is 12.5. The maximum atomic E-state index is 12.0. The van der Waals surface area contributed by atoms with Crippen molar-refractivity contribution in [3.63, 3.8) is 0 Å². The van der Waals surface area contributed by atoms with Gasteiger partial charge in [0.2, 0.25) is 5.69 Å². The number of esters is 2. The number of aryl methyl sites for hydroxylation is 1. The predicted molar refractivity (Wildman–Crippen MR) is 93.3 cm³/mol. The van der Waals surface area contributed by atoms with E-state index in [0.29, 0.717) is 24.5 Å². The maximum absolute atomic E-state index is 12.0. The third-order valence-corrected chi connectivity index (χ3v) is 3.87. The largest absolute Gasteiger partial charge is 0.497 e. The average Bonchev–Trinajstić information content (AvgIpc) is 3.06. The Morgan fingerprint density at radius 2 is 1.81 bits per heavy atom. The summed E-state index contributed by atoms with van der Waals surface area (Å²) in [7, 11) is 4.21. The molecule has 0 saturated heterocycles. The highest BCUT2D eigenvalue weighted by atomic mass is 16.5. The molecule has 0 aliphatic carbocycles. The smallest absolute Gasteiger partial charge is 0.362 e. The number of anilines is 1. The lowest BCUT2D eigenvalue weighted by molar-refractivity contribution is -0.140. The molecule has 26 heavy (non-hydrogen) atoms. The minimum absolute atomic E-state index is 0.0726. The molecule has 0 spiro atoms. The zero-order chi connectivity index (χ0) is 19.1. The molecule has 2 aromatic rings. The highest BCUT2D eigenvalue weighted by Crippen LogP contribution is 2.28. The number of ether oxygens (including phenoxy) is 3. The molecule has 0 aliphatic heterocycles. The van der Waals surface area contributed by atoms with Crippen molar-refractivity contribution in [2.45, 2.75) is 19.9 Å². The molecule has 140 valence electrons. The van der Waals surface area contributed by atoms with Gasteiger partial charge in [-0.15, -0.1) is 0 Å². The molecule has 0 radical (unpaired) electrons. The van der Waals surface area contributed by atoms with E-state index in [1.165, 1.54) is 14.2 Å². The molecule has 0 amide bonds. The molecular formula is C18H22N2O6. The van der Waals surface area contributed by atoms with Gasteiger partial charge in [0, 0.05) is 13.1 Å². The van der Waals surface area contributed by atoms with E-state index in [2.05, 4.69) is 5.16 Å². The maximum Gasteiger partial charge on any atom is 0.362 e. The van der Waals surface area contributed by atoms with Gasteiger partial charge in [0.05, 0.1) is 27.8 Å². The van der Waals surface area contributed by atoms with E-state index in [9.17, 15) is 9.59 Å². The third-order valence-electron chi connectivity index (χ3n) is 3.87. The summed E-state index contributed by atoms with van der Waals surface area (Å²) in [6.07, 6.45) is 0.151. The Bertz CT molecular complexity index is 754. The van der Waals surface area contributed by atoms with Crippen molar-refractivity contribution in [1.29, 1.82) is 0 Å². The number of rotatable bonds is 8. The Balaban J connectivity index is 2.32. The molecule has 2 rings (SSSR count). The van der Waals surface area contributed by atoms with E-state index in [4.69, 9.17) is 18.7 Å². The molecule has 0 fully saturated rings. The van der Waals surface area contributed by atoms with Crippen LogP contribution in [0.5, 0.6) is 5.75 Å². The van der Waals surface area contributed by atoms with Crippen molar-refractivity contribution in [1.82, 2.24) is 5.16 Å². The van der Waals surface area contributed by atoms with Crippen LogP contribution in [0.25, 0.3) is 0 Å². The molecule has 0 aliphatic rings. The molecule has 1 aromatic carbocycles. The molecule has 8 nitrogen and oxygen atoms in total. The zero-order valence-corrected chi connectivity index (χ0v) is 15.3. The molecule has 8 heteroatoms. The summed E-state index contributed by atoms with van der Waals surface area (Å²) in [5.41, 5.74) is 1.53. The summed E-state index contributed by atoms with van der Waals surface area (Å²) < 4.78 is 19.8. The summed E-state index contributed by atoms with van der Waals surface area (Å²) in [5, 5.41) is 3.80. The van der Waals surface area contributed by atoms with Gasteiger partial charge in [-0.3, -0.25) is 4.79 Å². The van der Waals surface area contributed by atoms with Crippen LogP contribution < -0.4 is 9.64 Å². The van der Waals surface area contributed by atoms with Crippen LogP contribution in [-0.4, -0.2) is 45.0 Å². The van der Waals surface area contributed by atoms with Gasteiger partial charge in [-0.1, -0.05) is 17.3 Å². The SMILES string of the molecule is COC(=O)CCN(Cc1ccc(OC)cc1)c1c(C(=O)OC)noc1C. The Kier molecular flexibility index (Phi) is 6.60. The van der Waals surface area contributed by atoms with Crippen molar-refractivity contribution < 1.29 is 28.3 Å². The van der Waals surface area contributed by atoms with Gasteiger partial charge in [-0.2, -0.15) is 0 Å². The first-order valence-corrected chi connectivity index (χ1v) is 7.99. The fraction of sp³-hybridized carbons (Fsp3) is 0.389. The van der Waals surface area contributed by atoms with Crippen LogP contribution in [0.15, 0.2) is 28.8 Å². The number of hydrogen-bond acceptors (Lipinski definition) is 8. The standard InChI is InChI=1S/C18H22N2O6/c1-12-17(16(19-26-12)18(22)25-4)20(10-9-15(21)24-3)11-13-5-7-14(23-2)8-6-13/h5-8H,9-11H2,1-4H3. The molecule has 0 saturated carbocycles. The topological polar surface area (TPSA) is 91.1 Å². The first kappa shape index (κ1) is 19.3. The van der Waals surface area contributed by atoms with Crippen molar-refractivity contribution in [3.05, 3.63) is 41.3 Å². The van der Waals surface area contributed by atoms with Crippen LogP contribution in [0, 0.1) is 6.92 Å². The molecule has 1 aromatic heterocycles. The zero-order valence-electron chi connectivity index (χ0n) is 15.3. The van der Waals surface area contributed by atoms with E-state index < -0.39 is 5.97 Å². The molecule has 0 N–H and O–H groups in total. The number of hydrogen-bond donors (Lipinski definition) is 0. The monoisotopic (exact) mass is 362 g/mol. The van der Waals surface area contributed by atoms with E-state index >= 15 is 0 Å². The lowest BCUT2D eigenvalue weighted by Crippen LogP contribution is -2.28. The van der Waals surface area contributed by atoms with Crippen LogP contribution in [0.2, 0.25) is 0 Å². The van der Waals surface area contributed by atoms with E-state index in [1.807, 2.05) is 29.2 Å². The summed E-state index contributed by atoms with van der Waals surface area (Å²) in [6.45, 7) is 2.46. The van der Waals surface area contributed by atoms with E-state index in [0.717, 1.165) is 11.3 Å². The van der Waals surface area contributed by atoms with Gasteiger partial charge in [-0.25, -0.2) is 4.79 Å². The average molecular weight is 362 g/mol. The highest BCUT2D eigenvalue weighted by Gasteiger charge is 2.26. The second-order valence-corrected chi connectivity index (χ2v) is 5.52. The van der Waals surface area contributed by atoms with Gasteiger partial charge >= 0.3 is 11.9 Å². The predicted octanol–water partition coefficient (Wildman–Crippen LogP) is 2.35. The minimum atomic E-state index is -0.602. The van der Waals surface area contributed by atoms with Crippen LogP contribution in [0.1, 0.15) is 28.2 Å². The van der Waals surface area contributed by atoms with Gasteiger partial charge in [-0.05, 0) is 24.6 Å². The second-order valence-electron chi connectivity index (χ2n) is 5.52. The molecular weight excluding hydrogens is 340 g/mol. The Morgan fingerprint density at radius 3 is 2.38 bits per heavy atom. The normalized spacial score (nSPS) is 10.3. The summed E-state index contributed by atoms with van der Waals surface area (Å²) in [5.74, 6) is 0.253. The molecule has 1 heterocycles. The number of nitrogens with zero attached hydrogens (tertiary/aromatic N) is 2. The van der Waals surface area contributed by atoms with Gasteiger partial charge in [0.15, 0.2) is 5.76 Å². The molecule has 0 atom stereocenters. The quantitative estimate of drug-likeness (QED) is 0.661. The number of aromatic nitrogens is 1. The van der Waals surface area contributed by atoms with Crippen LogP contribution in [0.4, 0.5) is 5.69 Å². The fourth-order valence-corrected chi connectivity index (χ4v) is 2.52. The number of benzene rings is 1. The first-order valence-electron chi connectivity index (χ1n) is 7.99. The van der Waals surface area contributed by atoms with Crippen molar-refractivity contribution in [2.24, 2.45) is 0 Å². The van der Waals surface area contributed by atoms with Gasteiger partial charge < -0.3 is 23.6 Å². The third kappa shape index (κ3) is 4.53. The summed E-state index contributed by atoms with van der Waals surface area (Å²) in [6, 6.07) is 7.50. The van der Waals surface area contributed by atoms with Gasteiger partial charge in [0.25, 0.3) is 0 Å². The number of carbonyl (C=O) groups excluding carboxylic acids is 2. The van der Waals surface area contributed by atoms with Crippen LogP contribution >= 0.6 is 0 Å². The minimum Gasteiger partial charge on any atom is -0.497 e. The van der Waals surface area contributed by atoms with E-state index in [1.54, 1.807) is 14.0 Å². The van der Waals surface area contributed by atoms with E-state index in [-0.39, 0.29) is 18.1 Å². The lowest BCUT2D eigenvalue weighted by Gasteiger charge is -2.24. The van der Waals surface area contributed by atoms with Gasteiger partial charge in [0.1, 0.15) is 11.4 Å². The lowest BCUT2D eigenvalue weighted by atomic mass is 10.1. The van der Waals surface area contributed by atoms with Crippen molar-refractivity contribution in [2.75, 3.05) is 32.8 Å². The molecule has 0 unspecified atom stereocenters. The fourth-order valence-electron chi connectivity index (χ4n) is 2.52. The highest BCUT2D eigenvalue weighted by molar-refractivity contribution is 5.94. The Morgan fingerprint density at radius 1 is 1.12 bits per heavy atom.